The topological polar surface area (TPSA) is 60.9 Å². The number of benzene rings is 1. The van der Waals surface area contributed by atoms with Crippen molar-refractivity contribution in [1.82, 2.24) is 9.55 Å². The summed E-state index contributed by atoms with van der Waals surface area (Å²) in [6.07, 6.45) is 3.87. The summed E-state index contributed by atoms with van der Waals surface area (Å²) in [6.45, 7) is 0. The van der Waals surface area contributed by atoms with Crippen LogP contribution in [0.5, 0.6) is 0 Å². The molecule has 1 aromatic carbocycles. The Bertz CT molecular complexity index is 685. The Morgan fingerprint density at radius 1 is 1.29 bits per heavy atom. The molecule has 0 radical (unpaired) electrons. The fraction of sp³-hybridized carbons (Fsp3) is 0. The minimum atomic E-state index is -0.414. The number of amides is 1. The number of carbonyl (C=O) groups is 1. The van der Waals surface area contributed by atoms with Gasteiger partial charge >= 0.3 is 0 Å². The maximum Gasteiger partial charge on any atom is 0.248 e. The van der Waals surface area contributed by atoms with E-state index in [2.05, 4.69) is 4.98 Å². The first-order valence-corrected chi connectivity index (χ1v) is 5.89. The number of hydrogen-bond donors (Lipinski definition) is 1. The van der Waals surface area contributed by atoms with Crippen LogP contribution in [-0.4, -0.2) is 15.5 Å². The summed E-state index contributed by atoms with van der Waals surface area (Å²) >= 11 is 1.53. The van der Waals surface area contributed by atoms with Crippen LogP contribution in [0.3, 0.4) is 0 Å². The predicted octanol–water partition coefficient (Wildman–Crippen LogP) is 2.19. The molecule has 2 N–H and O–H groups in total. The number of nitrogens with two attached hydrogens (primary N) is 1. The first-order valence-electron chi connectivity index (χ1n) is 5.08. The van der Waals surface area contributed by atoms with E-state index in [4.69, 9.17) is 5.73 Å². The zero-order valence-electron chi connectivity index (χ0n) is 8.83. The molecule has 0 aliphatic heterocycles. The second-order valence-corrected chi connectivity index (χ2v) is 4.64. The highest BCUT2D eigenvalue weighted by Gasteiger charge is 2.07. The molecule has 5 heteroatoms. The summed E-state index contributed by atoms with van der Waals surface area (Å²) < 4.78 is 2.90. The lowest BCUT2D eigenvalue weighted by Crippen LogP contribution is -2.10. The number of hydrogen-bond acceptors (Lipinski definition) is 3. The second-order valence-electron chi connectivity index (χ2n) is 3.63. The highest BCUT2D eigenvalue weighted by molar-refractivity contribution is 7.20. The van der Waals surface area contributed by atoms with E-state index in [1.165, 1.54) is 11.3 Å². The van der Waals surface area contributed by atoms with Crippen molar-refractivity contribution >= 4 is 27.5 Å². The molecule has 0 bridgehead atoms. The van der Waals surface area contributed by atoms with E-state index in [1.54, 1.807) is 12.1 Å². The summed E-state index contributed by atoms with van der Waals surface area (Å²) in [5, 5.41) is 0.881. The third-order valence-corrected chi connectivity index (χ3v) is 3.52. The van der Waals surface area contributed by atoms with Crippen LogP contribution in [0.4, 0.5) is 0 Å². The third-order valence-electron chi connectivity index (χ3n) is 2.49. The Morgan fingerprint density at radius 2 is 2.06 bits per heavy atom. The van der Waals surface area contributed by atoms with Crippen LogP contribution in [0.1, 0.15) is 10.4 Å². The normalized spacial score (nSPS) is 10.8. The van der Waals surface area contributed by atoms with Crippen molar-refractivity contribution < 1.29 is 4.79 Å². The number of thiazole rings is 1. The van der Waals surface area contributed by atoms with Crippen LogP contribution < -0.4 is 5.73 Å². The van der Waals surface area contributed by atoms with Crippen LogP contribution in [0.15, 0.2) is 42.7 Å². The summed E-state index contributed by atoms with van der Waals surface area (Å²) in [5.41, 5.74) is 6.64. The van der Waals surface area contributed by atoms with Gasteiger partial charge in [0.2, 0.25) is 5.91 Å². The molecule has 0 spiro atoms. The maximum atomic E-state index is 11.1. The second kappa shape index (κ2) is 3.71. The van der Waals surface area contributed by atoms with Gasteiger partial charge in [-0.25, -0.2) is 4.98 Å². The van der Waals surface area contributed by atoms with Gasteiger partial charge in [-0.3, -0.25) is 4.79 Å². The monoisotopic (exact) mass is 243 g/mol. The number of rotatable bonds is 2. The molecule has 2 heterocycles. The van der Waals surface area contributed by atoms with Crippen molar-refractivity contribution in [3.05, 3.63) is 48.3 Å². The molecule has 3 rings (SSSR count). The van der Waals surface area contributed by atoms with Crippen LogP contribution in [0.25, 0.3) is 15.3 Å². The molecule has 0 saturated heterocycles. The first-order chi connectivity index (χ1) is 8.24. The Kier molecular flexibility index (Phi) is 2.19. The molecule has 17 heavy (non-hydrogen) atoms. The summed E-state index contributed by atoms with van der Waals surface area (Å²) in [6, 6.07) is 9.19. The molecule has 2 aromatic heterocycles. The predicted molar refractivity (Wildman–Crippen MR) is 67.5 cm³/mol. The smallest absolute Gasteiger partial charge is 0.248 e. The van der Waals surface area contributed by atoms with Gasteiger partial charge in [-0.05, 0) is 30.3 Å². The van der Waals surface area contributed by atoms with Crippen LogP contribution in [-0.2, 0) is 0 Å². The molecule has 0 unspecified atom stereocenters. The molecule has 0 saturated carbocycles. The van der Waals surface area contributed by atoms with E-state index >= 15 is 0 Å². The van der Waals surface area contributed by atoms with E-state index in [-0.39, 0.29) is 0 Å². The molecule has 84 valence electrons. The van der Waals surface area contributed by atoms with E-state index < -0.39 is 5.91 Å². The van der Waals surface area contributed by atoms with Crippen molar-refractivity contribution in [2.24, 2.45) is 5.73 Å². The summed E-state index contributed by atoms with van der Waals surface area (Å²) in [5.74, 6) is -0.414. The average molecular weight is 243 g/mol. The van der Waals surface area contributed by atoms with Crippen LogP contribution in [0, 0.1) is 0 Å². The number of carbonyl (C=O) groups excluding carboxylic acids is 1. The highest BCUT2D eigenvalue weighted by atomic mass is 32.1. The van der Waals surface area contributed by atoms with E-state index in [9.17, 15) is 4.79 Å². The molecular weight excluding hydrogens is 234 g/mol. The maximum absolute atomic E-state index is 11.1. The SMILES string of the molecule is NC(=O)c1ccc2nc(-n3cccc3)sc2c1. The molecule has 3 aromatic rings. The lowest BCUT2D eigenvalue weighted by atomic mass is 10.2. The Hall–Kier alpha value is -2.14. The van der Waals surface area contributed by atoms with Crippen molar-refractivity contribution in [3.63, 3.8) is 0 Å². The van der Waals surface area contributed by atoms with E-state index in [1.807, 2.05) is 35.2 Å². The quantitative estimate of drug-likeness (QED) is 0.750. The zero-order valence-corrected chi connectivity index (χ0v) is 9.65. The number of aromatic nitrogens is 2. The summed E-state index contributed by atoms with van der Waals surface area (Å²) in [7, 11) is 0. The van der Waals surface area contributed by atoms with Gasteiger partial charge in [-0.1, -0.05) is 11.3 Å². The number of primary amides is 1. The molecular formula is C12H9N3OS. The van der Waals surface area contributed by atoms with Crippen molar-refractivity contribution in [2.45, 2.75) is 0 Å². The van der Waals surface area contributed by atoms with Crippen molar-refractivity contribution in [3.8, 4) is 5.13 Å². The minimum absolute atomic E-state index is 0.414. The van der Waals surface area contributed by atoms with Gasteiger partial charge in [0.05, 0.1) is 10.2 Å². The molecule has 1 amide bonds. The molecule has 0 aliphatic carbocycles. The fourth-order valence-corrected chi connectivity index (χ4v) is 2.61. The largest absolute Gasteiger partial charge is 0.366 e. The number of fused-ring (bicyclic) bond motifs is 1. The van der Waals surface area contributed by atoms with Gasteiger partial charge in [0.25, 0.3) is 0 Å². The van der Waals surface area contributed by atoms with E-state index in [0.29, 0.717) is 5.56 Å². The Balaban J connectivity index is 2.16. The highest BCUT2D eigenvalue weighted by Crippen LogP contribution is 2.25. The Labute approximate surface area is 101 Å². The lowest BCUT2D eigenvalue weighted by Gasteiger charge is -1.92. The molecule has 0 fully saturated rings. The van der Waals surface area contributed by atoms with Gasteiger partial charge < -0.3 is 10.3 Å². The van der Waals surface area contributed by atoms with Gasteiger partial charge in [-0.15, -0.1) is 0 Å². The van der Waals surface area contributed by atoms with Crippen molar-refractivity contribution in [1.29, 1.82) is 0 Å². The summed E-state index contributed by atoms with van der Waals surface area (Å²) in [4.78, 5) is 15.6. The van der Waals surface area contributed by atoms with Gasteiger partial charge in [-0.2, -0.15) is 0 Å². The fourth-order valence-electron chi connectivity index (χ4n) is 1.64. The third kappa shape index (κ3) is 1.70. The van der Waals surface area contributed by atoms with E-state index in [0.717, 1.165) is 15.3 Å². The standard InChI is InChI=1S/C12H9N3OS/c13-11(16)8-3-4-9-10(7-8)17-12(14-9)15-5-1-2-6-15/h1-7H,(H2,13,16). The van der Waals surface area contributed by atoms with Gasteiger partial charge in [0.1, 0.15) is 0 Å². The zero-order chi connectivity index (χ0) is 11.8. The number of nitrogens with zero attached hydrogens (tertiary/aromatic N) is 2. The molecule has 4 nitrogen and oxygen atoms in total. The van der Waals surface area contributed by atoms with Gasteiger partial charge in [0, 0.05) is 18.0 Å². The minimum Gasteiger partial charge on any atom is -0.366 e. The van der Waals surface area contributed by atoms with Crippen LogP contribution in [0.2, 0.25) is 0 Å². The van der Waals surface area contributed by atoms with Crippen LogP contribution >= 0.6 is 11.3 Å². The molecule has 0 aliphatic rings. The average Bonchev–Trinajstić information content (AvgIpc) is 2.96. The molecule has 0 atom stereocenters. The first kappa shape index (κ1) is 10.0. The van der Waals surface area contributed by atoms with Crippen molar-refractivity contribution in [2.75, 3.05) is 0 Å². The van der Waals surface area contributed by atoms with Gasteiger partial charge in [0.15, 0.2) is 5.13 Å². The Morgan fingerprint density at radius 3 is 2.76 bits per heavy atom. The lowest BCUT2D eigenvalue weighted by molar-refractivity contribution is 0.100.